The Morgan fingerprint density at radius 3 is 2.69 bits per heavy atom. The Hall–Kier alpha value is -3.52. The van der Waals surface area contributed by atoms with Gasteiger partial charge in [0.1, 0.15) is 17.3 Å². The zero-order valence-electron chi connectivity index (χ0n) is 15.7. The summed E-state index contributed by atoms with van der Waals surface area (Å²) < 4.78 is 1.85. The molecule has 1 N–H and O–H groups in total. The number of imidazole rings is 1. The number of hydrogen-bond donors (Lipinski definition) is 1. The largest absolute Gasteiger partial charge is 0.362 e. The second-order valence-electron chi connectivity index (χ2n) is 6.97. The van der Waals surface area contributed by atoms with Crippen LogP contribution in [-0.2, 0) is 4.79 Å². The Kier molecular flexibility index (Phi) is 3.95. The number of halogens is 1. The Bertz CT molecular complexity index is 1250. The highest BCUT2D eigenvalue weighted by Gasteiger charge is 2.37. The first-order chi connectivity index (χ1) is 14.0. The maximum Gasteiger partial charge on any atom is 0.237 e. The van der Waals surface area contributed by atoms with E-state index in [2.05, 4.69) is 20.3 Å². The molecule has 0 aliphatic carbocycles. The average molecular weight is 406 g/mol. The molecule has 4 aromatic rings. The van der Waals surface area contributed by atoms with Crippen LogP contribution in [0.3, 0.4) is 0 Å². The standard InChI is InChI=1S/C20H16ClN7O/c1-27(2)19-16-15(11-3-5-12(21)6-4-11)20(29)26-18(16)24-17(25-19)13-10-28-8-7-22-14(28)9-23-13/h3-10,15H,1-2H3,(H,24,25,26,29). The first-order valence-corrected chi connectivity index (χ1v) is 9.34. The quantitative estimate of drug-likeness (QED) is 0.563. The van der Waals surface area contributed by atoms with Gasteiger partial charge in [-0.15, -0.1) is 0 Å². The van der Waals surface area contributed by atoms with Gasteiger partial charge in [-0.05, 0) is 17.7 Å². The maximum atomic E-state index is 12.8. The summed E-state index contributed by atoms with van der Waals surface area (Å²) in [5, 5.41) is 3.52. The highest BCUT2D eigenvalue weighted by Crippen LogP contribution is 2.42. The first kappa shape index (κ1) is 17.6. The van der Waals surface area contributed by atoms with Gasteiger partial charge >= 0.3 is 0 Å². The van der Waals surface area contributed by atoms with Crippen LogP contribution in [0.2, 0.25) is 5.02 Å². The third-order valence-electron chi connectivity index (χ3n) is 4.85. The summed E-state index contributed by atoms with van der Waals surface area (Å²) in [7, 11) is 3.78. The molecule has 1 aliphatic rings. The molecule has 29 heavy (non-hydrogen) atoms. The number of rotatable bonds is 3. The maximum absolute atomic E-state index is 12.8. The van der Waals surface area contributed by atoms with E-state index in [1.54, 1.807) is 24.5 Å². The predicted octanol–water partition coefficient (Wildman–Crippen LogP) is 2.99. The average Bonchev–Trinajstić information content (AvgIpc) is 3.30. The van der Waals surface area contributed by atoms with Crippen molar-refractivity contribution < 1.29 is 4.79 Å². The molecular weight excluding hydrogens is 390 g/mol. The molecular formula is C20H16ClN7O. The molecule has 0 bridgehead atoms. The molecule has 1 amide bonds. The van der Waals surface area contributed by atoms with Gasteiger partial charge in [-0.3, -0.25) is 4.79 Å². The molecule has 3 aromatic heterocycles. The Morgan fingerprint density at radius 2 is 1.93 bits per heavy atom. The zero-order valence-corrected chi connectivity index (χ0v) is 16.4. The van der Waals surface area contributed by atoms with E-state index in [9.17, 15) is 4.79 Å². The van der Waals surface area contributed by atoms with Gasteiger partial charge in [0.05, 0.1) is 17.7 Å². The molecule has 0 fully saturated rings. The SMILES string of the molecule is CN(C)c1nc(-c2cn3ccnc3cn2)nc2c1C(c1ccc(Cl)cc1)C(=O)N2. The highest BCUT2D eigenvalue weighted by molar-refractivity contribution is 6.30. The van der Waals surface area contributed by atoms with Crippen molar-refractivity contribution in [1.29, 1.82) is 0 Å². The lowest BCUT2D eigenvalue weighted by atomic mass is 9.93. The number of aromatic nitrogens is 5. The van der Waals surface area contributed by atoms with Crippen LogP contribution in [0, 0.1) is 0 Å². The molecule has 0 saturated carbocycles. The number of nitrogens with one attached hydrogen (secondary N) is 1. The topological polar surface area (TPSA) is 88.3 Å². The minimum Gasteiger partial charge on any atom is -0.362 e. The summed E-state index contributed by atoms with van der Waals surface area (Å²) >= 11 is 6.01. The fourth-order valence-electron chi connectivity index (χ4n) is 3.51. The number of anilines is 2. The van der Waals surface area contributed by atoms with E-state index >= 15 is 0 Å². The summed E-state index contributed by atoms with van der Waals surface area (Å²) in [6, 6.07) is 7.25. The van der Waals surface area contributed by atoms with Gasteiger partial charge in [-0.2, -0.15) is 0 Å². The van der Waals surface area contributed by atoms with Crippen molar-refractivity contribution in [2.24, 2.45) is 0 Å². The lowest BCUT2D eigenvalue weighted by molar-refractivity contribution is -0.116. The minimum absolute atomic E-state index is 0.144. The van der Waals surface area contributed by atoms with E-state index in [1.807, 2.05) is 47.9 Å². The molecule has 9 heteroatoms. The fraction of sp³-hybridized carbons (Fsp3) is 0.150. The van der Waals surface area contributed by atoms with E-state index in [0.717, 1.165) is 16.8 Å². The zero-order chi connectivity index (χ0) is 20.1. The molecule has 0 saturated heterocycles. The van der Waals surface area contributed by atoms with Crippen LogP contribution < -0.4 is 10.2 Å². The molecule has 0 radical (unpaired) electrons. The number of hydrogen-bond acceptors (Lipinski definition) is 6. The van der Waals surface area contributed by atoms with E-state index in [-0.39, 0.29) is 5.91 Å². The third-order valence-corrected chi connectivity index (χ3v) is 5.11. The summed E-state index contributed by atoms with van der Waals surface area (Å²) in [6.45, 7) is 0. The second-order valence-corrected chi connectivity index (χ2v) is 7.40. The number of amides is 1. The third kappa shape index (κ3) is 2.89. The lowest BCUT2D eigenvalue weighted by Crippen LogP contribution is -2.17. The fourth-order valence-corrected chi connectivity index (χ4v) is 3.63. The monoisotopic (exact) mass is 405 g/mol. The summed E-state index contributed by atoms with van der Waals surface area (Å²) in [5.41, 5.74) is 2.90. The number of fused-ring (bicyclic) bond motifs is 2. The van der Waals surface area contributed by atoms with Crippen molar-refractivity contribution in [3.05, 3.63) is 65.2 Å². The van der Waals surface area contributed by atoms with Crippen LogP contribution in [0.4, 0.5) is 11.6 Å². The van der Waals surface area contributed by atoms with Crippen molar-refractivity contribution >= 4 is 34.8 Å². The molecule has 0 spiro atoms. The Balaban J connectivity index is 1.67. The van der Waals surface area contributed by atoms with Gasteiger partial charge in [0.2, 0.25) is 5.91 Å². The van der Waals surface area contributed by atoms with Gasteiger partial charge in [0, 0.05) is 37.7 Å². The van der Waals surface area contributed by atoms with Crippen molar-refractivity contribution in [3.63, 3.8) is 0 Å². The molecule has 1 unspecified atom stereocenters. The lowest BCUT2D eigenvalue weighted by Gasteiger charge is -2.19. The van der Waals surface area contributed by atoms with Gasteiger partial charge < -0.3 is 14.6 Å². The van der Waals surface area contributed by atoms with E-state index in [0.29, 0.717) is 28.2 Å². The molecule has 1 atom stereocenters. The van der Waals surface area contributed by atoms with Crippen LogP contribution in [0.25, 0.3) is 17.2 Å². The Morgan fingerprint density at radius 1 is 1.14 bits per heavy atom. The van der Waals surface area contributed by atoms with Gasteiger partial charge in [0.15, 0.2) is 11.5 Å². The van der Waals surface area contributed by atoms with Crippen LogP contribution in [0.5, 0.6) is 0 Å². The number of carbonyl (C=O) groups is 1. The highest BCUT2D eigenvalue weighted by atomic mass is 35.5. The van der Waals surface area contributed by atoms with Gasteiger partial charge in [0.25, 0.3) is 0 Å². The summed E-state index contributed by atoms with van der Waals surface area (Å²) in [5.74, 6) is 0.944. The molecule has 4 heterocycles. The van der Waals surface area contributed by atoms with Gasteiger partial charge in [-0.1, -0.05) is 23.7 Å². The number of carbonyl (C=O) groups excluding carboxylic acids is 1. The van der Waals surface area contributed by atoms with Gasteiger partial charge in [-0.25, -0.2) is 19.9 Å². The molecule has 1 aliphatic heterocycles. The summed E-state index contributed by atoms with van der Waals surface area (Å²) in [4.78, 5) is 32.7. The first-order valence-electron chi connectivity index (χ1n) is 8.96. The van der Waals surface area contributed by atoms with Crippen molar-refractivity contribution in [2.45, 2.75) is 5.92 Å². The molecule has 1 aromatic carbocycles. The summed E-state index contributed by atoms with van der Waals surface area (Å²) in [6.07, 6.45) is 7.01. The smallest absolute Gasteiger partial charge is 0.237 e. The van der Waals surface area contributed by atoms with E-state index in [4.69, 9.17) is 16.6 Å². The normalized spacial score (nSPS) is 15.4. The molecule has 8 nitrogen and oxygen atoms in total. The van der Waals surface area contributed by atoms with Crippen LogP contribution >= 0.6 is 11.6 Å². The molecule has 144 valence electrons. The van der Waals surface area contributed by atoms with Crippen molar-refractivity contribution in [2.75, 3.05) is 24.3 Å². The van der Waals surface area contributed by atoms with E-state index < -0.39 is 5.92 Å². The minimum atomic E-state index is -0.502. The van der Waals surface area contributed by atoms with Crippen molar-refractivity contribution in [1.82, 2.24) is 24.3 Å². The Labute approximate surface area is 171 Å². The van der Waals surface area contributed by atoms with Crippen LogP contribution in [0.15, 0.2) is 49.1 Å². The second kappa shape index (κ2) is 6.52. The van der Waals surface area contributed by atoms with Crippen LogP contribution in [-0.4, -0.2) is 44.3 Å². The van der Waals surface area contributed by atoms with E-state index in [1.165, 1.54) is 0 Å². The van der Waals surface area contributed by atoms with Crippen LogP contribution in [0.1, 0.15) is 17.0 Å². The number of nitrogens with zero attached hydrogens (tertiary/aromatic N) is 6. The predicted molar refractivity (Wildman–Crippen MR) is 110 cm³/mol. The van der Waals surface area contributed by atoms with Crippen molar-refractivity contribution in [3.8, 4) is 11.5 Å². The molecule has 5 rings (SSSR count). The number of benzene rings is 1.